The van der Waals surface area contributed by atoms with Crippen molar-refractivity contribution < 1.29 is 8.85 Å². The fourth-order valence-electron chi connectivity index (χ4n) is 2.52. The third kappa shape index (κ3) is 10.3. The van der Waals surface area contributed by atoms with Crippen LogP contribution in [-0.4, -0.2) is 28.3 Å². The van der Waals surface area contributed by atoms with Crippen LogP contribution in [0.15, 0.2) is 0 Å². The fourth-order valence-corrected chi connectivity index (χ4v) is 8.08. The van der Waals surface area contributed by atoms with Gasteiger partial charge in [-0.05, 0) is 72.9 Å². The molecule has 0 saturated heterocycles. The molecule has 0 amide bonds. The summed E-state index contributed by atoms with van der Waals surface area (Å²) in [6, 6.07) is 2.48. The summed E-state index contributed by atoms with van der Waals surface area (Å²) in [5.74, 6) is 0. The van der Waals surface area contributed by atoms with Gasteiger partial charge in [-0.25, -0.2) is 0 Å². The van der Waals surface area contributed by atoms with Crippen LogP contribution in [0.4, 0.5) is 0 Å². The van der Waals surface area contributed by atoms with Crippen LogP contribution in [0.2, 0.25) is 38.3 Å². The average Bonchev–Trinajstić information content (AvgIpc) is 1.93. The van der Waals surface area contributed by atoms with E-state index in [1.165, 1.54) is 18.5 Å². The summed E-state index contributed by atoms with van der Waals surface area (Å²) < 4.78 is 12.3. The summed E-state index contributed by atoms with van der Waals surface area (Å²) in [6.07, 6.45) is 1.61. The van der Waals surface area contributed by atoms with Crippen LogP contribution in [-0.2, 0) is 8.85 Å². The first-order valence-electron chi connectivity index (χ1n) is 7.21. The van der Waals surface area contributed by atoms with Crippen molar-refractivity contribution in [2.24, 2.45) is 0 Å². The van der Waals surface area contributed by atoms with E-state index in [9.17, 15) is 0 Å². The van der Waals surface area contributed by atoms with Crippen LogP contribution in [0.5, 0.6) is 0 Å². The first kappa shape index (κ1) is 18.4. The summed E-state index contributed by atoms with van der Waals surface area (Å²) in [7, 11) is -2.97. The van der Waals surface area contributed by atoms with Crippen molar-refractivity contribution in [2.75, 3.05) is 0 Å². The number of hydrogen-bond donors (Lipinski definition) is 0. The maximum Gasteiger partial charge on any atom is 0.187 e. The van der Waals surface area contributed by atoms with Crippen LogP contribution in [0.3, 0.4) is 0 Å². The lowest BCUT2D eigenvalue weighted by molar-refractivity contribution is 0.120. The molecule has 0 aliphatic heterocycles. The predicted octanol–water partition coefficient (Wildman–Crippen LogP) is 5.03. The second-order valence-electron chi connectivity index (χ2n) is 7.75. The topological polar surface area (TPSA) is 18.5 Å². The Hall–Kier alpha value is 0.354. The van der Waals surface area contributed by atoms with Crippen LogP contribution >= 0.6 is 0 Å². The van der Waals surface area contributed by atoms with Gasteiger partial charge in [0, 0.05) is 11.7 Å². The van der Waals surface area contributed by atoms with E-state index < -0.39 is 16.6 Å². The zero-order chi connectivity index (χ0) is 14.6. The van der Waals surface area contributed by atoms with Gasteiger partial charge in [-0.3, -0.25) is 0 Å². The van der Waals surface area contributed by atoms with Gasteiger partial charge < -0.3 is 8.85 Å². The Morgan fingerprint density at radius 2 is 1.33 bits per heavy atom. The molecule has 110 valence electrons. The molecule has 0 aromatic heterocycles. The summed E-state index contributed by atoms with van der Waals surface area (Å²) >= 11 is 0. The van der Waals surface area contributed by atoms with Crippen molar-refractivity contribution in [3.63, 3.8) is 0 Å². The van der Waals surface area contributed by atoms with Gasteiger partial charge in [0.25, 0.3) is 0 Å². The SMILES string of the molecule is CC(C)O[Si](C)(C)CCC[Si](C)(C)OC(C)(C)C. The Kier molecular flexibility index (Phi) is 6.81. The van der Waals surface area contributed by atoms with Crippen LogP contribution in [0, 0.1) is 0 Å². The minimum atomic E-state index is -1.51. The van der Waals surface area contributed by atoms with E-state index in [-0.39, 0.29) is 5.60 Å². The molecule has 0 atom stereocenters. The number of rotatable bonds is 7. The standard InChI is InChI=1S/C14H34O2Si2/c1-13(2)15-17(6,7)11-10-12-18(8,9)16-14(3,4)5/h13H,10-12H2,1-9H3. The molecule has 0 N–H and O–H groups in total. The van der Waals surface area contributed by atoms with Gasteiger partial charge in [0.1, 0.15) is 0 Å². The molecule has 0 unspecified atom stereocenters. The summed E-state index contributed by atoms with van der Waals surface area (Å²) in [6.45, 7) is 20.0. The number of hydrogen-bond acceptors (Lipinski definition) is 2. The van der Waals surface area contributed by atoms with Crippen molar-refractivity contribution in [3.05, 3.63) is 0 Å². The quantitative estimate of drug-likeness (QED) is 0.612. The normalized spacial score (nSPS) is 14.3. The van der Waals surface area contributed by atoms with E-state index in [4.69, 9.17) is 8.85 Å². The van der Waals surface area contributed by atoms with Gasteiger partial charge in [0.05, 0.1) is 0 Å². The highest BCUT2D eigenvalue weighted by molar-refractivity contribution is 6.72. The second-order valence-corrected chi connectivity index (χ2v) is 16.2. The van der Waals surface area contributed by atoms with E-state index in [0.717, 1.165) is 0 Å². The maximum absolute atomic E-state index is 6.23. The highest BCUT2D eigenvalue weighted by Gasteiger charge is 2.30. The minimum absolute atomic E-state index is 0.00288. The lowest BCUT2D eigenvalue weighted by atomic mass is 10.2. The largest absolute Gasteiger partial charge is 0.415 e. The molecule has 0 bridgehead atoms. The van der Waals surface area contributed by atoms with Crippen molar-refractivity contribution in [3.8, 4) is 0 Å². The van der Waals surface area contributed by atoms with Crippen LogP contribution < -0.4 is 0 Å². The van der Waals surface area contributed by atoms with Crippen LogP contribution in [0.1, 0.15) is 41.0 Å². The molecule has 0 radical (unpaired) electrons. The Morgan fingerprint density at radius 1 is 0.889 bits per heavy atom. The Bertz CT molecular complexity index is 243. The van der Waals surface area contributed by atoms with Crippen molar-refractivity contribution in [1.29, 1.82) is 0 Å². The molecule has 0 fully saturated rings. The van der Waals surface area contributed by atoms with Gasteiger partial charge in [0.15, 0.2) is 16.6 Å². The third-order valence-electron chi connectivity index (χ3n) is 2.69. The molecule has 0 spiro atoms. The van der Waals surface area contributed by atoms with Crippen molar-refractivity contribution in [2.45, 2.75) is 91.0 Å². The molecule has 0 aromatic rings. The Balaban J connectivity index is 4.10. The van der Waals surface area contributed by atoms with Gasteiger partial charge in [-0.1, -0.05) is 6.42 Å². The van der Waals surface area contributed by atoms with E-state index in [1.807, 2.05) is 0 Å². The highest BCUT2D eigenvalue weighted by Crippen LogP contribution is 2.25. The molecule has 0 aromatic carbocycles. The van der Waals surface area contributed by atoms with Crippen molar-refractivity contribution in [1.82, 2.24) is 0 Å². The Labute approximate surface area is 117 Å². The van der Waals surface area contributed by atoms with Gasteiger partial charge in [0.2, 0.25) is 0 Å². The van der Waals surface area contributed by atoms with Crippen molar-refractivity contribution >= 4 is 16.6 Å². The molecular weight excluding hydrogens is 256 g/mol. The molecule has 0 aliphatic carbocycles. The van der Waals surface area contributed by atoms with Gasteiger partial charge in [-0.2, -0.15) is 0 Å². The van der Waals surface area contributed by atoms with E-state index in [1.54, 1.807) is 0 Å². The molecule has 0 rings (SSSR count). The monoisotopic (exact) mass is 290 g/mol. The van der Waals surface area contributed by atoms with Crippen LogP contribution in [0.25, 0.3) is 0 Å². The van der Waals surface area contributed by atoms with Gasteiger partial charge in [-0.15, -0.1) is 0 Å². The first-order valence-corrected chi connectivity index (χ1v) is 13.4. The van der Waals surface area contributed by atoms with E-state index >= 15 is 0 Å². The molecule has 0 heterocycles. The van der Waals surface area contributed by atoms with E-state index in [2.05, 4.69) is 60.8 Å². The third-order valence-corrected chi connectivity index (χ3v) is 8.08. The molecule has 4 heteroatoms. The molecule has 0 aliphatic rings. The summed E-state index contributed by atoms with van der Waals surface area (Å²) in [4.78, 5) is 0. The fraction of sp³-hybridized carbons (Fsp3) is 1.00. The first-order chi connectivity index (χ1) is 7.83. The summed E-state index contributed by atoms with van der Waals surface area (Å²) in [5.41, 5.74) is -0.00288. The van der Waals surface area contributed by atoms with E-state index in [0.29, 0.717) is 6.10 Å². The minimum Gasteiger partial charge on any atom is -0.415 e. The maximum atomic E-state index is 6.23. The zero-order valence-electron chi connectivity index (χ0n) is 14.0. The Morgan fingerprint density at radius 3 is 1.72 bits per heavy atom. The lowest BCUT2D eigenvalue weighted by Gasteiger charge is -2.33. The molecular formula is C14H34O2Si2. The zero-order valence-corrected chi connectivity index (χ0v) is 16.0. The highest BCUT2D eigenvalue weighted by atomic mass is 28.4. The molecule has 0 saturated carbocycles. The molecule has 18 heavy (non-hydrogen) atoms. The average molecular weight is 291 g/mol. The lowest BCUT2D eigenvalue weighted by Crippen LogP contribution is -2.40. The summed E-state index contributed by atoms with van der Waals surface area (Å²) in [5, 5.41) is 0. The smallest absolute Gasteiger partial charge is 0.187 e. The second kappa shape index (κ2) is 6.68. The predicted molar refractivity (Wildman–Crippen MR) is 86.3 cm³/mol. The van der Waals surface area contributed by atoms with Gasteiger partial charge >= 0.3 is 0 Å². The molecule has 2 nitrogen and oxygen atoms in total.